The first-order valence-corrected chi connectivity index (χ1v) is 20.7. The van der Waals surface area contributed by atoms with Gasteiger partial charge in [-0.15, -0.1) is 23.5 Å². The second kappa shape index (κ2) is 19.6. The molecule has 4 rings (SSSR count). The molecule has 2 aliphatic rings. The van der Waals surface area contributed by atoms with Crippen molar-refractivity contribution in [2.45, 2.75) is 87.7 Å². The Labute approximate surface area is 337 Å². The van der Waals surface area contributed by atoms with E-state index in [9.17, 15) is 38.7 Å². The van der Waals surface area contributed by atoms with Gasteiger partial charge in [0, 0.05) is 27.1 Å². The van der Waals surface area contributed by atoms with Gasteiger partial charge in [0.15, 0.2) is 6.10 Å². The maximum Gasteiger partial charge on any atom is 0.290 e. The smallest absolute Gasteiger partial charge is 0.290 e. The van der Waals surface area contributed by atoms with Gasteiger partial charge < -0.3 is 36.2 Å². The van der Waals surface area contributed by atoms with Crippen molar-refractivity contribution in [2.24, 2.45) is 5.41 Å². The van der Waals surface area contributed by atoms with E-state index in [1.54, 1.807) is 126 Å². The normalized spacial score (nSPS) is 18.5. The Bertz CT molecular complexity index is 1730. The third-order valence-corrected chi connectivity index (χ3v) is 13.0. The SMILES string of the molecule is CCC[C@@H](NC(=O)[C@@H]1CC2(CN1C(=O)[C@@H](NC(=O)[C@@H](O)c1ccccc1)C(C)(C)C)SCCCS2)C(=O)C(=O)NCC(=O)NC(C(=O)N(C)C)c1ccccc1. The second-order valence-corrected chi connectivity index (χ2v) is 18.5. The minimum absolute atomic E-state index is 0.116. The largest absolute Gasteiger partial charge is 0.378 e. The Kier molecular flexibility index (Phi) is 15.5. The average molecular weight is 811 g/mol. The average Bonchev–Trinajstić information content (AvgIpc) is 3.55. The van der Waals surface area contributed by atoms with E-state index < -0.39 is 81.6 Å². The zero-order valence-corrected chi connectivity index (χ0v) is 34.5. The molecule has 0 saturated carbocycles. The van der Waals surface area contributed by atoms with Crippen LogP contribution in [0.15, 0.2) is 60.7 Å². The number of likely N-dealkylation sites (tertiary alicyclic amines) is 1. The van der Waals surface area contributed by atoms with Crippen LogP contribution in [0.2, 0.25) is 0 Å². The molecule has 14 nitrogen and oxygen atoms in total. The van der Waals surface area contributed by atoms with Crippen LogP contribution < -0.4 is 21.3 Å². The lowest BCUT2D eigenvalue weighted by Crippen LogP contribution is -2.59. The maximum atomic E-state index is 14.5. The number of hydrogen-bond acceptors (Lipinski definition) is 10. The predicted octanol–water partition coefficient (Wildman–Crippen LogP) is 2.33. The number of ketones is 1. The summed E-state index contributed by atoms with van der Waals surface area (Å²) in [5.74, 6) is -3.32. The number of nitrogens with one attached hydrogen (secondary N) is 4. The van der Waals surface area contributed by atoms with Gasteiger partial charge in [-0.05, 0) is 40.9 Å². The highest BCUT2D eigenvalue weighted by atomic mass is 32.2. The molecule has 0 radical (unpaired) electrons. The summed E-state index contributed by atoms with van der Waals surface area (Å²) >= 11 is 3.35. The molecular weight excluding hydrogens is 757 g/mol. The number of likely N-dealkylation sites (N-methyl/N-ethyl adjacent to an activating group) is 1. The van der Waals surface area contributed by atoms with Crippen LogP contribution in [0, 0.1) is 5.41 Å². The van der Waals surface area contributed by atoms with Gasteiger partial charge in [-0.3, -0.25) is 33.6 Å². The molecule has 6 amide bonds. The van der Waals surface area contributed by atoms with E-state index >= 15 is 0 Å². The summed E-state index contributed by atoms with van der Waals surface area (Å²) in [4.78, 5) is 97.2. The highest BCUT2D eigenvalue weighted by Crippen LogP contribution is 2.50. The molecule has 0 aromatic heterocycles. The van der Waals surface area contributed by atoms with Gasteiger partial charge >= 0.3 is 0 Å². The van der Waals surface area contributed by atoms with Crippen LogP contribution in [0.4, 0.5) is 0 Å². The van der Waals surface area contributed by atoms with Gasteiger partial charge in [0.05, 0.1) is 16.7 Å². The summed E-state index contributed by atoms with van der Waals surface area (Å²) in [6.45, 7) is 6.76. The first-order chi connectivity index (χ1) is 26.5. The van der Waals surface area contributed by atoms with Crippen molar-refractivity contribution < 1.29 is 38.7 Å². The number of benzene rings is 2. The minimum Gasteiger partial charge on any atom is -0.378 e. The number of hydrogen-bond donors (Lipinski definition) is 5. The topological polar surface area (TPSA) is 194 Å². The van der Waals surface area contributed by atoms with Crippen LogP contribution in [0.1, 0.15) is 76.7 Å². The first-order valence-electron chi connectivity index (χ1n) is 18.8. The molecule has 5 atom stereocenters. The molecule has 2 aliphatic heterocycles. The van der Waals surface area contributed by atoms with Crippen molar-refractivity contribution in [1.29, 1.82) is 0 Å². The Balaban J connectivity index is 1.49. The summed E-state index contributed by atoms with van der Waals surface area (Å²) < 4.78 is -0.494. The van der Waals surface area contributed by atoms with E-state index in [-0.39, 0.29) is 25.3 Å². The minimum atomic E-state index is -1.52. The van der Waals surface area contributed by atoms with Crippen LogP contribution in [0.3, 0.4) is 0 Å². The zero-order chi connectivity index (χ0) is 41.2. The van der Waals surface area contributed by atoms with E-state index in [0.29, 0.717) is 17.5 Å². The number of carbonyl (C=O) groups excluding carboxylic acids is 7. The van der Waals surface area contributed by atoms with Crippen LogP contribution in [-0.4, -0.2) is 117 Å². The molecule has 16 heteroatoms. The van der Waals surface area contributed by atoms with Crippen molar-refractivity contribution in [3.8, 4) is 0 Å². The number of thioether (sulfide) groups is 2. The lowest BCUT2D eigenvalue weighted by molar-refractivity contribution is -0.146. The first kappa shape index (κ1) is 44.3. The molecule has 304 valence electrons. The van der Waals surface area contributed by atoms with Crippen LogP contribution in [-0.2, 0) is 33.6 Å². The third kappa shape index (κ3) is 11.3. The lowest BCUT2D eigenvalue weighted by Gasteiger charge is -2.36. The molecule has 2 saturated heterocycles. The molecule has 2 heterocycles. The second-order valence-electron chi connectivity index (χ2n) is 15.3. The number of aliphatic hydroxyl groups excluding tert-OH is 1. The van der Waals surface area contributed by atoms with Gasteiger partial charge in [-0.2, -0.15) is 0 Å². The fourth-order valence-electron chi connectivity index (χ4n) is 6.59. The van der Waals surface area contributed by atoms with Crippen LogP contribution >= 0.6 is 23.5 Å². The van der Waals surface area contributed by atoms with Crippen molar-refractivity contribution >= 4 is 64.8 Å². The molecule has 0 bridgehead atoms. The highest BCUT2D eigenvalue weighted by Gasteiger charge is 2.53. The summed E-state index contributed by atoms with van der Waals surface area (Å²) in [5, 5.41) is 21.2. The van der Waals surface area contributed by atoms with Crippen molar-refractivity contribution in [3.05, 3.63) is 71.8 Å². The standard InChI is InChI=1S/C40H54N6O8S2/c1-7-15-27(32(49)35(51)41-23-29(47)43-30(37(53)45(5)6)25-16-10-8-11-17-25)42-34(50)28-22-40(55-20-14-21-56-40)24-46(28)38(54)33(39(2,3)4)44-36(52)31(48)26-18-12-9-13-19-26/h8-13,16-19,27-28,30-31,33,48H,7,14-15,20-24H2,1-6H3,(H,41,51)(H,42,50)(H,43,47)(H,44,52)/t27-,28+,30?,31+,33-/m1/s1. The Morgan fingerprint density at radius 2 is 1.48 bits per heavy atom. The number of aliphatic hydroxyl groups is 1. The number of carbonyl (C=O) groups is 7. The van der Waals surface area contributed by atoms with Crippen molar-refractivity contribution in [1.82, 2.24) is 31.1 Å². The molecule has 0 aliphatic carbocycles. The monoisotopic (exact) mass is 810 g/mol. The molecule has 2 fully saturated rings. The van der Waals surface area contributed by atoms with Gasteiger partial charge in [0.25, 0.3) is 11.8 Å². The molecule has 1 spiro atoms. The number of amides is 6. The quantitative estimate of drug-likeness (QED) is 0.167. The zero-order valence-electron chi connectivity index (χ0n) is 32.8. The molecular formula is C40H54N6O8S2. The Morgan fingerprint density at radius 1 is 0.893 bits per heavy atom. The van der Waals surface area contributed by atoms with Gasteiger partial charge in [0.1, 0.15) is 18.1 Å². The van der Waals surface area contributed by atoms with E-state index in [4.69, 9.17) is 0 Å². The van der Waals surface area contributed by atoms with Gasteiger partial charge in [-0.1, -0.05) is 94.8 Å². The molecule has 5 N–H and O–H groups in total. The summed E-state index contributed by atoms with van der Waals surface area (Å²) in [6.07, 6.45) is 0.279. The molecule has 2 aromatic carbocycles. The summed E-state index contributed by atoms with van der Waals surface area (Å²) in [6, 6.07) is 12.6. The Morgan fingerprint density at radius 3 is 2.04 bits per heavy atom. The number of nitrogens with zero attached hydrogens (tertiary/aromatic N) is 2. The maximum absolute atomic E-state index is 14.5. The van der Waals surface area contributed by atoms with Gasteiger partial charge in [-0.25, -0.2) is 0 Å². The fourth-order valence-corrected chi connectivity index (χ4v) is 9.94. The van der Waals surface area contributed by atoms with Crippen LogP contribution in [0.5, 0.6) is 0 Å². The van der Waals surface area contributed by atoms with E-state index in [0.717, 1.165) is 17.9 Å². The van der Waals surface area contributed by atoms with E-state index in [1.165, 1.54) is 9.80 Å². The Hall–Kier alpha value is -4.41. The lowest BCUT2D eigenvalue weighted by atomic mass is 9.85. The molecule has 56 heavy (non-hydrogen) atoms. The van der Waals surface area contributed by atoms with Crippen LogP contribution in [0.25, 0.3) is 0 Å². The summed E-state index contributed by atoms with van der Waals surface area (Å²) in [7, 11) is 3.11. The highest BCUT2D eigenvalue weighted by molar-refractivity contribution is 8.18. The van der Waals surface area contributed by atoms with E-state index in [2.05, 4.69) is 21.3 Å². The summed E-state index contributed by atoms with van der Waals surface area (Å²) in [5.41, 5.74) is 0.0862. The predicted molar refractivity (Wildman–Crippen MR) is 216 cm³/mol. The fraction of sp³-hybridized carbons (Fsp3) is 0.525. The van der Waals surface area contributed by atoms with E-state index in [1.807, 2.05) is 0 Å². The number of Topliss-reactive ketones (excluding diaryl/α,β-unsaturated/α-hetero) is 1. The molecule has 1 unspecified atom stereocenters. The number of rotatable bonds is 15. The molecule has 2 aromatic rings. The van der Waals surface area contributed by atoms with Crippen molar-refractivity contribution in [2.75, 3.05) is 38.7 Å². The van der Waals surface area contributed by atoms with Gasteiger partial charge in [0.2, 0.25) is 29.4 Å². The van der Waals surface area contributed by atoms with Crippen molar-refractivity contribution in [3.63, 3.8) is 0 Å². The third-order valence-electron chi connectivity index (χ3n) is 9.63.